The van der Waals surface area contributed by atoms with E-state index >= 15 is 0 Å². The van der Waals surface area contributed by atoms with Gasteiger partial charge < -0.3 is 10.6 Å². The van der Waals surface area contributed by atoms with Crippen molar-refractivity contribution in [2.75, 3.05) is 6.54 Å². The molecule has 0 amide bonds. The van der Waals surface area contributed by atoms with Crippen LogP contribution in [-0.4, -0.2) is 12.5 Å². The van der Waals surface area contributed by atoms with Crippen LogP contribution in [0.25, 0.3) is 0 Å². The standard InChI is InChI=1S/C20H22F2N4.HI/c1-4-24-20(25-12-17-8-6-15(11-23)9-19(17)22)26-14(3)16-7-5-13(2)18(21)10-16;/h5-10,14H,4,12H2,1-3H3,(H2,24,25,26);1H. The second-order valence-electron chi connectivity index (χ2n) is 5.99. The van der Waals surface area contributed by atoms with Crippen molar-refractivity contribution < 1.29 is 8.78 Å². The van der Waals surface area contributed by atoms with Crippen LogP contribution >= 0.6 is 24.0 Å². The number of hydrogen-bond acceptors (Lipinski definition) is 2. The zero-order chi connectivity index (χ0) is 19.1. The van der Waals surface area contributed by atoms with Gasteiger partial charge >= 0.3 is 0 Å². The molecule has 0 aliphatic carbocycles. The van der Waals surface area contributed by atoms with Gasteiger partial charge in [-0.2, -0.15) is 5.26 Å². The molecule has 0 aliphatic heterocycles. The lowest BCUT2D eigenvalue weighted by Crippen LogP contribution is -2.38. The van der Waals surface area contributed by atoms with Crippen LogP contribution in [0, 0.1) is 29.9 Å². The number of halogens is 3. The van der Waals surface area contributed by atoms with E-state index in [0.717, 1.165) is 5.56 Å². The molecule has 7 heteroatoms. The summed E-state index contributed by atoms with van der Waals surface area (Å²) in [5, 5.41) is 15.1. The summed E-state index contributed by atoms with van der Waals surface area (Å²) in [5.41, 5.74) is 2.06. The molecule has 1 atom stereocenters. The topological polar surface area (TPSA) is 60.2 Å². The first-order valence-electron chi connectivity index (χ1n) is 8.44. The Balaban J connectivity index is 0.00000364. The summed E-state index contributed by atoms with van der Waals surface area (Å²) in [6.45, 7) is 6.31. The lowest BCUT2D eigenvalue weighted by molar-refractivity contribution is 0.605. The van der Waals surface area contributed by atoms with Gasteiger partial charge in [0.15, 0.2) is 5.96 Å². The highest BCUT2D eigenvalue weighted by molar-refractivity contribution is 14.0. The number of benzene rings is 2. The number of aliphatic imine (C=N–C) groups is 1. The van der Waals surface area contributed by atoms with Crippen LogP contribution in [0.5, 0.6) is 0 Å². The van der Waals surface area contributed by atoms with Gasteiger partial charge in [-0.25, -0.2) is 13.8 Å². The molecule has 2 rings (SSSR count). The van der Waals surface area contributed by atoms with E-state index in [1.165, 1.54) is 12.1 Å². The van der Waals surface area contributed by atoms with E-state index in [0.29, 0.717) is 23.6 Å². The first-order chi connectivity index (χ1) is 12.4. The third-order valence-electron chi connectivity index (χ3n) is 3.98. The molecule has 4 nitrogen and oxygen atoms in total. The number of rotatable bonds is 5. The Morgan fingerprint density at radius 2 is 1.93 bits per heavy atom. The van der Waals surface area contributed by atoms with Gasteiger partial charge in [-0.3, -0.25) is 0 Å². The molecule has 0 spiro atoms. The Morgan fingerprint density at radius 3 is 2.52 bits per heavy atom. The fraction of sp³-hybridized carbons (Fsp3) is 0.300. The zero-order valence-corrected chi connectivity index (χ0v) is 17.8. The van der Waals surface area contributed by atoms with Crippen LogP contribution in [0.15, 0.2) is 41.4 Å². The summed E-state index contributed by atoms with van der Waals surface area (Å²) in [5.74, 6) is -0.209. The Morgan fingerprint density at radius 1 is 1.19 bits per heavy atom. The van der Waals surface area contributed by atoms with Crippen LogP contribution in [-0.2, 0) is 6.54 Å². The summed E-state index contributed by atoms with van der Waals surface area (Å²) in [7, 11) is 0. The Bertz CT molecular complexity index is 846. The normalized spacial score (nSPS) is 11.9. The fourth-order valence-corrected chi connectivity index (χ4v) is 2.40. The van der Waals surface area contributed by atoms with Gasteiger partial charge in [0.2, 0.25) is 0 Å². The van der Waals surface area contributed by atoms with E-state index in [-0.39, 0.29) is 47.9 Å². The molecule has 144 valence electrons. The number of aryl methyl sites for hydroxylation is 1. The van der Waals surface area contributed by atoms with Crippen molar-refractivity contribution in [2.45, 2.75) is 33.4 Å². The van der Waals surface area contributed by atoms with E-state index in [1.54, 1.807) is 25.1 Å². The minimum atomic E-state index is -0.461. The number of guanidine groups is 1. The second kappa shape index (κ2) is 10.8. The van der Waals surface area contributed by atoms with Crippen LogP contribution in [0.3, 0.4) is 0 Å². The summed E-state index contributed by atoms with van der Waals surface area (Å²) in [6.07, 6.45) is 0. The largest absolute Gasteiger partial charge is 0.357 e. The highest BCUT2D eigenvalue weighted by Gasteiger charge is 2.10. The van der Waals surface area contributed by atoms with Gasteiger partial charge in [-0.1, -0.05) is 18.2 Å². The summed E-state index contributed by atoms with van der Waals surface area (Å²) in [4.78, 5) is 4.38. The SMILES string of the molecule is CCNC(=NCc1ccc(C#N)cc1F)NC(C)c1ccc(C)c(F)c1.I. The van der Waals surface area contributed by atoms with E-state index in [4.69, 9.17) is 5.26 Å². The molecular weight excluding hydrogens is 461 g/mol. The van der Waals surface area contributed by atoms with Crippen molar-refractivity contribution in [3.63, 3.8) is 0 Å². The van der Waals surface area contributed by atoms with Crippen molar-refractivity contribution in [2.24, 2.45) is 4.99 Å². The highest BCUT2D eigenvalue weighted by atomic mass is 127. The third-order valence-corrected chi connectivity index (χ3v) is 3.98. The fourth-order valence-electron chi connectivity index (χ4n) is 2.40. The Hall–Kier alpha value is -2.21. The minimum absolute atomic E-state index is 0. The number of hydrogen-bond donors (Lipinski definition) is 2. The quantitative estimate of drug-likeness (QED) is 0.371. The molecule has 0 saturated heterocycles. The van der Waals surface area contributed by atoms with Crippen LogP contribution in [0.2, 0.25) is 0 Å². The molecule has 2 aromatic rings. The molecule has 0 bridgehead atoms. The predicted molar refractivity (Wildman–Crippen MR) is 114 cm³/mol. The maximum absolute atomic E-state index is 14.0. The maximum atomic E-state index is 14.0. The van der Waals surface area contributed by atoms with Gasteiger partial charge in [-0.15, -0.1) is 24.0 Å². The molecule has 0 radical (unpaired) electrons. The summed E-state index contributed by atoms with van der Waals surface area (Å²) in [6, 6.07) is 11.1. The zero-order valence-electron chi connectivity index (χ0n) is 15.5. The van der Waals surface area contributed by atoms with E-state index in [2.05, 4.69) is 15.6 Å². The molecule has 2 aromatic carbocycles. The van der Waals surface area contributed by atoms with Crippen molar-refractivity contribution >= 4 is 29.9 Å². The Labute approximate surface area is 175 Å². The highest BCUT2D eigenvalue weighted by Crippen LogP contribution is 2.16. The average Bonchev–Trinajstić information content (AvgIpc) is 2.62. The first kappa shape index (κ1) is 22.8. The van der Waals surface area contributed by atoms with Gasteiger partial charge in [0, 0.05) is 12.1 Å². The summed E-state index contributed by atoms with van der Waals surface area (Å²) < 4.78 is 27.7. The molecule has 0 heterocycles. The smallest absolute Gasteiger partial charge is 0.192 e. The van der Waals surface area contributed by atoms with Crippen molar-refractivity contribution in [1.29, 1.82) is 5.26 Å². The monoisotopic (exact) mass is 484 g/mol. The predicted octanol–water partition coefficient (Wildman–Crippen LogP) is 4.58. The molecule has 27 heavy (non-hydrogen) atoms. The molecule has 0 fully saturated rings. The maximum Gasteiger partial charge on any atom is 0.192 e. The van der Waals surface area contributed by atoms with E-state index in [9.17, 15) is 8.78 Å². The second-order valence-corrected chi connectivity index (χ2v) is 5.99. The Kier molecular flexibility index (Phi) is 9.15. The lowest BCUT2D eigenvalue weighted by Gasteiger charge is -2.18. The van der Waals surface area contributed by atoms with Crippen molar-refractivity contribution in [1.82, 2.24) is 10.6 Å². The van der Waals surface area contributed by atoms with Crippen LogP contribution in [0.1, 0.15) is 42.1 Å². The van der Waals surface area contributed by atoms with Gasteiger partial charge in [0.25, 0.3) is 0 Å². The van der Waals surface area contributed by atoms with Gasteiger partial charge in [0.05, 0.1) is 24.2 Å². The molecular formula is C20H23F2IN4. The minimum Gasteiger partial charge on any atom is -0.357 e. The number of nitrogens with one attached hydrogen (secondary N) is 2. The van der Waals surface area contributed by atoms with E-state index < -0.39 is 5.82 Å². The van der Waals surface area contributed by atoms with Crippen LogP contribution in [0.4, 0.5) is 8.78 Å². The number of nitrogens with zero attached hydrogens (tertiary/aromatic N) is 2. The molecule has 2 N–H and O–H groups in total. The molecule has 0 saturated carbocycles. The molecule has 0 aliphatic rings. The lowest BCUT2D eigenvalue weighted by atomic mass is 10.1. The van der Waals surface area contributed by atoms with E-state index in [1.807, 2.05) is 26.0 Å². The third kappa shape index (κ3) is 6.47. The summed E-state index contributed by atoms with van der Waals surface area (Å²) >= 11 is 0. The van der Waals surface area contributed by atoms with Crippen LogP contribution < -0.4 is 10.6 Å². The van der Waals surface area contributed by atoms with Gasteiger partial charge in [-0.05, 0) is 50.1 Å². The van der Waals surface area contributed by atoms with Crippen molar-refractivity contribution in [3.05, 3.63) is 70.3 Å². The molecule has 0 aromatic heterocycles. The number of nitriles is 1. The van der Waals surface area contributed by atoms with Crippen molar-refractivity contribution in [3.8, 4) is 6.07 Å². The average molecular weight is 484 g/mol. The van der Waals surface area contributed by atoms with Gasteiger partial charge in [0.1, 0.15) is 11.6 Å². The first-order valence-corrected chi connectivity index (χ1v) is 8.44. The molecule has 1 unspecified atom stereocenters.